The molecule has 1 atom stereocenters. The van der Waals surface area contributed by atoms with Gasteiger partial charge in [-0.15, -0.1) is 0 Å². The summed E-state index contributed by atoms with van der Waals surface area (Å²) < 4.78 is 0.832. The Labute approximate surface area is 93.1 Å². The first kappa shape index (κ1) is 11.2. The Balaban J connectivity index is 2.94. The molecule has 14 heavy (non-hydrogen) atoms. The van der Waals surface area contributed by atoms with E-state index in [0.29, 0.717) is 12.3 Å². The zero-order valence-electron chi connectivity index (χ0n) is 8.37. The maximum Gasteiger partial charge on any atom is 0.106 e. The van der Waals surface area contributed by atoms with E-state index in [0.717, 1.165) is 10.3 Å². The van der Waals surface area contributed by atoms with Crippen LogP contribution in [-0.4, -0.2) is 4.98 Å². The molecular weight excluding hydrogens is 240 g/mol. The van der Waals surface area contributed by atoms with E-state index in [9.17, 15) is 0 Å². The molecule has 0 aliphatic rings. The second-order valence-electron chi connectivity index (χ2n) is 3.60. The molecule has 2 nitrogen and oxygen atoms in total. The lowest BCUT2D eigenvalue weighted by Crippen LogP contribution is -2.08. The van der Waals surface area contributed by atoms with Crippen LogP contribution < -0.4 is 0 Å². The van der Waals surface area contributed by atoms with Gasteiger partial charge in [0.25, 0.3) is 0 Å². The molecule has 0 N–H and O–H groups in total. The van der Waals surface area contributed by atoms with Crippen LogP contribution in [0.15, 0.2) is 22.8 Å². The van der Waals surface area contributed by atoms with Crippen LogP contribution in [0.4, 0.5) is 0 Å². The molecule has 0 spiro atoms. The number of halogens is 1. The normalized spacial score (nSPS) is 12.5. The number of nitriles is 1. The van der Waals surface area contributed by atoms with Crippen molar-refractivity contribution in [3.63, 3.8) is 0 Å². The fourth-order valence-electron chi connectivity index (χ4n) is 1.41. The van der Waals surface area contributed by atoms with Crippen molar-refractivity contribution in [3.8, 4) is 6.07 Å². The van der Waals surface area contributed by atoms with Crippen LogP contribution in [0.1, 0.15) is 31.9 Å². The first-order valence-corrected chi connectivity index (χ1v) is 5.44. The maximum atomic E-state index is 8.73. The van der Waals surface area contributed by atoms with Crippen molar-refractivity contribution < 1.29 is 0 Å². The predicted octanol–water partition coefficient (Wildman–Crippen LogP) is 3.50. The van der Waals surface area contributed by atoms with Crippen LogP contribution in [0, 0.1) is 17.2 Å². The second kappa shape index (κ2) is 5.11. The third-order valence-electron chi connectivity index (χ3n) is 2.23. The summed E-state index contributed by atoms with van der Waals surface area (Å²) in [5, 5.41) is 8.73. The van der Waals surface area contributed by atoms with Crippen molar-refractivity contribution in [2.24, 2.45) is 5.92 Å². The smallest absolute Gasteiger partial charge is 0.106 e. The molecule has 0 aliphatic heterocycles. The van der Waals surface area contributed by atoms with Crippen molar-refractivity contribution in [1.82, 2.24) is 4.98 Å². The maximum absolute atomic E-state index is 8.73. The van der Waals surface area contributed by atoms with Crippen molar-refractivity contribution in [3.05, 3.63) is 28.5 Å². The molecule has 0 amide bonds. The van der Waals surface area contributed by atoms with Gasteiger partial charge in [-0.2, -0.15) is 5.26 Å². The SMILES string of the molecule is CC(C)C(CC#N)c1cccc(Br)n1. The van der Waals surface area contributed by atoms with Crippen molar-refractivity contribution in [1.29, 1.82) is 5.26 Å². The Hall–Kier alpha value is -0.880. The largest absolute Gasteiger partial charge is 0.246 e. The molecule has 1 heterocycles. The van der Waals surface area contributed by atoms with Gasteiger partial charge in [-0.1, -0.05) is 19.9 Å². The van der Waals surface area contributed by atoms with Crippen LogP contribution in [0.2, 0.25) is 0 Å². The lowest BCUT2D eigenvalue weighted by molar-refractivity contribution is 0.494. The Morgan fingerprint density at radius 1 is 1.50 bits per heavy atom. The molecule has 74 valence electrons. The highest BCUT2D eigenvalue weighted by molar-refractivity contribution is 9.10. The van der Waals surface area contributed by atoms with Crippen LogP contribution in [0.5, 0.6) is 0 Å². The number of rotatable bonds is 3. The van der Waals surface area contributed by atoms with Gasteiger partial charge in [0, 0.05) is 18.0 Å². The highest BCUT2D eigenvalue weighted by Gasteiger charge is 2.16. The van der Waals surface area contributed by atoms with Gasteiger partial charge < -0.3 is 0 Å². The second-order valence-corrected chi connectivity index (χ2v) is 4.41. The van der Waals surface area contributed by atoms with E-state index in [1.165, 1.54) is 0 Å². The standard InChI is InChI=1S/C11H13BrN2/c1-8(2)9(6-7-13)10-4-3-5-11(12)14-10/h3-5,8-9H,6H2,1-2H3. The predicted molar refractivity (Wildman–Crippen MR) is 59.7 cm³/mol. The minimum absolute atomic E-state index is 0.234. The molecule has 0 saturated carbocycles. The number of hydrogen-bond acceptors (Lipinski definition) is 2. The number of pyridine rings is 1. The van der Waals surface area contributed by atoms with Crippen molar-refractivity contribution in [2.45, 2.75) is 26.2 Å². The highest BCUT2D eigenvalue weighted by atomic mass is 79.9. The minimum atomic E-state index is 0.234. The highest BCUT2D eigenvalue weighted by Crippen LogP contribution is 2.26. The van der Waals surface area contributed by atoms with Crippen LogP contribution >= 0.6 is 15.9 Å². The Morgan fingerprint density at radius 3 is 2.71 bits per heavy atom. The van der Waals surface area contributed by atoms with Gasteiger partial charge in [0.05, 0.1) is 6.07 Å². The summed E-state index contributed by atoms with van der Waals surface area (Å²) in [6.07, 6.45) is 0.529. The lowest BCUT2D eigenvalue weighted by Gasteiger charge is -2.16. The van der Waals surface area contributed by atoms with Gasteiger partial charge >= 0.3 is 0 Å². The summed E-state index contributed by atoms with van der Waals surface area (Å²) in [6.45, 7) is 4.23. The molecular formula is C11H13BrN2. The summed E-state index contributed by atoms with van der Waals surface area (Å²) in [4.78, 5) is 4.38. The zero-order valence-corrected chi connectivity index (χ0v) is 9.95. The Morgan fingerprint density at radius 2 is 2.21 bits per heavy atom. The van der Waals surface area contributed by atoms with Crippen LogP contribution in [0.25, 0.3) is 0 Å². The first-order valence-electron chi connectivity index (χ1n) is 4.64. The van der Waals surface area contributed by atoms with E-state index in [4.69, 9.17) is 5.26 Å². The number of hydrogen-bond donors (Lipinski definition) is 0. The lowest BCUT2D eigenvalue weighted by atomic mass is 9.90. The van der Waals surface area contributed by atoms with E-state index >= 15 is 0 Å². The average molecular weight is 253 g/mol. The van der Waals surface area contributed by atoms with E-state index in [1.807, 2.05) is 18.2 Å². The summed E-state index contributed by atoms with van der Waals surface area (Å²) in [6, 6.07) is 8.04. The third kappa shape index (κ3) is 2.81. The van der Waals surface area contributed by atoms with Gasteiger partial charge in [0.2, 0.25) is 0 Å². The summed E-state index contributed by atoms with van der Waals surface area (Å²) >= 11 is 3.34. The van der Waals surface area contributed by atoms with Gasteiger partial charge in [-0.05, 0) is 34.0 Å². The minimum Gasteiger partial charge on any atom is -0.246 e. The molecule has 0 fully saturated rings. The molecule has 1 unspecified atom stereocenters. The topological polar surface area (TPSA) is 36.7 Å². The molecule has 3 heteroatoms. The Kier molecular flexibility index (Phi) is 4.09. The quantitative estimate of drug-likeness (QED) is 0.773. The third-order valence-corrected chi connectivity index (χ3v) is 2.67. The molecule has 0 radical (unpaired) electrons. The van der Waals surface area contributed by atoms with E-state index in [2.05, 4.69) is 40.8 Å². The van der Waals surface area contributed by atoms with Gasteiger partial charge in [0.15, 0.2) is 0 Å². The average Bonchev–Trinajstić information content (AvgIpc) is 2.13. The van der Waals surface area contributed by atoms with Crippen molar-refractivity contribution >= 4 is 15.9 Å². The summed E-state index contributed by atoms with van der Waals surface area (Å²) in [7, 11) is 0. The van der Waals surface area contributed by atoms with Gasteiger partial charge in [-0.3, -0.25) is 0 Å². The zero-order chi connectivity index (χ0) is 10.6. The van der Waals surface area contributed by atoms with Crippen LogP contribution in [0.3, 0.4) is 0 Å². The molecule has 0 aliphatic carbocycles. The number of aromatic nitrogens is 1. The monoisotopic (exact) mass is 252 g/mol. The van der Waals surface area contributed by atoms with E-state index < -0.39 is 0 Å². The van der Waals surface area contributed by atoms with E-state index in [1.54, 1.807) is 0 Å². The molecule has 1 rings (SSSR count). The molecule has 0 aromatic carbocycles. The summed E-state index contributed by atoms with van der Waals surface area (Å²) in [5.74, 6) is 0.675. The molecule has 0 saturated heterocycles. The fraction of sp³-hybridized carbons (Fsp3) is 0.455. The van der Waals surface area contributed by atoms with Gasteiger partial charge in [-0.25, -0.2) is 4.98 Å². The van der Waals surface area contributed by atoms with Gasteiger partial charge in [0.1, 0.15) is 4.60 Å². The van der Waals surface area contributed by atoms with Crippen molar-refractivity contribution in [2.75, 3.05) is 0 Å². The molecule has 0 bridgehead atoms. The van der Waals surface area contributed by atoms with E-state index in [-0.39, 0.29) is 5.92 Å². The fourth-order valence-corrected chi connectivity index (χ4v) is 1.77. The molecule has 1 aromatic heterocycles. The molecule has 1 aromatic rings. The number of nitrogens with zero attached hydrogens (tertiary/aromatic N) is 2. The van der Waals surface area contributed by atoms with Crippen LogP contribution in [-0.2, 0) is 0 Å². The summed E-state index contributed by atoms with van der Waals surface area (Å²) in [5.41, 5.74) is 0.996. The first-order chi connectivity index (χ1) is 6.65. The Bertz CT molecular complexity index is 341.